The summed E-state index contributed by atoms with van der Waals surface area (Å²) in [6, 6.07) is 4.95. The molecule has 0 radical (unpaired) electrons. The Kier molecular flexibility index (Phi) is 5.76. The third kappa shape index (κ3) is 3.66. The zero-order chi connectivity index (χ0) is 17.9. The summed E-state index contributed by atoms with van der Waals surface area (Å²) >= 11 is 3.24. The number of halogens is 6. The van der Waals surface area contributed by atoms with Crippen LogP contribution in [0.3, 0.4) is 0 Å². The molecule has 0 aliphatic carbocycles. The number of hydrazone groups is 1. The quantitative estimate of drug-likeness (QED) is 0.248. The number of hydrogen-bond donors (Lipinski definition) is 1. The van der Waals surface area contributed by atoms with E-state index < -0.39 is 34.8 Å². The summed E-state index contributed by atoms with van der Waals surface area (Å²) in [6.45, 7) is 2.13. The highest BCUT2D eigenvalue weighted by Crippen LogP contribution is 2.27. The smallest absolute Gasteiger partial charge is 0.200 e. The lowest BCUT2D eigenvalue weighted by molar-refractivity contribution is 0.339. The zero-order valence-electron chi connectivity index (χ0n) is 12.1. The molecule has 0 atom stereocenters. The van der Waals surface area contributed by atoms with Crippen molar-refractivity contribution in [3.63, 3.8) is 0 Å². The van der Waals surface area contributed by atoms with Gasteiger partial charge in [0, 0.05) is 10.0 Å². The molecule has 2 aromatic carbocycles. The highest BCUT2D eigenvalue weighted by molar-refractivity contribution is 9.10. The average molecular weight is 409 g/mol. The molecule has 0 aliphatic heterocycles. The largest absolute Gasteiger partial charge is 0.493 e. The van der Waals surface area contributed by atoms with E-state index in [1.54, 1.807) is 25.1 Å². The molecule has 0 heterocycles. The standard InChI is InChI=1S/C15H10BrF5N2O/c1-2-24-9-4-3-8(16)5-7(9)6-22-23-15-13(20)11(18)10(17)12(19)14(15)21/h3-6,23H,2H2,1H3/b22-6+. The zero-order valence-corrected chi connectivity index (χ0v) is 13.7. The molecule has 2 rings (SSSR count). The third-order valence-electron chi connectivity index (χ3n) is 2.86. The first-order valence-electron chi connectivity index (χ1n) is 6.59. The number of nitrogens with one attached hydrogen (secondary N) is 1. The predicted octanol–water partition coefficient (Wildman–Crippen LogP) is 4.99. The summed E-state index contributed by atoms with van der Waals surface area (Å²) in [4.78, 5) is 0. The Labute approximate surface area is 142 Å². The Balaban J connectivity index is 2.32. The Morgan fingerprint density at radius 1 is 1.04 bits per heavy atom. The van der Waals surface area contributed by atoms with Crippen molar-refractivity contribution in [2.45, 2.75) is 6.92 Å². The number of ether oxygens (including phenoxy) is 1. The summed E-state index contributed by atoms with van der Waals surface area (Å²) in [5.41, 5.74) is 1.02. The molecule has 0 saturated carbocycles. The van der Waals surface area contributed by atoms with Gasteiger partial charge in [-0.1, -0.05) is 15.9 Å². The predicted molar refractivity (Wildman–Crippen MR) is 82.8 cm³/mol. The summed E-state index contributed by atoms with van der Waals surface area (Å²) in [7, 11) is 0. The topological polar surface area (TPSA) is 33.6 Å². The van der Waals surface area contributed by atoms with Crippen molar-refractivity contribution < 1.29 is 26.7 Å². The van der Waals surface area contributed by atoms with Crippen molar-refractivity contribution in [1.82, 2.24) is 0 Å². The van der Waals surface area contributed by atoms with Crippen molar-refractivity contribution in [3.8, 4) is 5.75 Å². The fourth-order valence-electron chi connectivity index (χ4n) is 1.78. The first kappa shape index (κ1) is 18.2. The van der Waals surface area contributed by atoms with Gasteiger partial charge in [-0.3, -0.25) is 5.43 Å². The second-order valence-electron chi connectivity index (χ2n) is 4.43. The van der Waals surface area contributed by atoms with Crippen LogP contribution >= 0.6 is 15.9 Å². The van der Waals surface area contributed by atoms with Crippen molar-refractivity contribution in [3.05, 3.63) is 57.3 Å². The van der Waals surface area contributed by atoms with Crippen molar-refractivity contribution in [1.29, 1.82) is 0 Å². The maximum atomic E-state index is 13.5. The van der Waals surface area contributed by atoms with Gasteiger partial charge in [-0.05, 0) is 25.1 Å². The molecule has 0 unspecified atom stereocenters. The van der Waals surface area contributed by atoms with Gasteiger partial charge >= 0.3 is 0 Å². The highest BCUT2D eigenvalue weighted by atomic mass is 79.9. The van der Waals surface area contributed by atoms with Crippen LogP contribution in [0, 0.1) is 29.1 Å². The molecule has 9 heteroatoms. The van der Waals surface area contributed by atoms with E-state index in [2.05, 4.69) is 21.0 Å². The Morgan fingerprint density at radius 3 is 2.21 bits per heavy atom. The van der Waals surface area contributed by atoms with Gasteiger partial charge in [0.2, 0.25) is 5.82 Å². The summed E-state index contributed by atoms with van der Waals surface area (Å²) in [5, 5.41) is 3.52. The minimum Gasteiger partial charge on any atom is -0.493 e. The van der Waals surface area contributed by atoms with Gasteiger partial charge in [0.25, 0.3) is 0 Å². The molecule has 0 spiro atoms. The third-order valence-corrected chi connectivity index (χ3v) is 3.35. The maximum absolute atomic E-state index is 13.5. The van der Waals surface area contributed by atoms with Gasteiger partial charge in [0.1, 0.15) is 11.4 Å². The average Bonchev–Trinajstić information content (AvgIpc) is 2.56. The lowest BCUT2D eigenvalue weighted by Gasteiger charge is -2.08. The molecule has 2 aromatic rings. The van der Waals surface area contributed by atoms with Crippen LogP contribution in [0.1, 0.15) is 12.5 Å². The highest BCUT2D eigenvalue weighted by Gasteiger charge is 2.25. The second-order valence-corrected chi connectivity index (χ2v) is 5.35. The lowest BCUT2D eigenvalue weighted by atomic mass is 10.2. The van der Waals surface area contributed by atoms with E-state index in [4.69, 9.17) is 4.74 Å². The molecule has 0 aliphatic rings. The molecule has 0 saturated heterocycles. The second kappa shape index (κ2) is 7.61. The van der Waals surface area contributed by atoms with Crippen LogP contribution in [0.15, 0.2) is 27.8 Å². The van der Waals surface area contributed by atoms with Crippen molar-refractivity contribution >= 4 is 27.8 Å². The first-order valence-corrected chi connectivity index (χ1v) is 7.39. The van der Waals surface area contributed by atoms with Crippen LogP contribution in [0.2, 0.25) is 0 Å². The van der Waals surface area contributed by atoms with Crippen molar-refractivity contribution in [2.75, 3.05) is 12.0 Å². The van der Waals surface area contributed by atoms with Crippen LogP contribution in [0.4, 0.5) is 27.6 Å². The number of rotatable bonds is 5. The summed E-state index contributed by atoms with van der Waals surface area (Å²) in [5.74, 6) is -9.90. The molecule has 24 heavy (non-hydrogen) atoms. The number of nitrogens with zero attached hydrogens (tertiary/aromatic N) is 1. The number of anilines is 1. The van der Waals surface area contributed by atoms with Crippen molar-refractivity contribution in [2.24, 2.45) is 5.10 Å². The fraction of sp³-hybridized carbons (Fsp3) is 0.133. The Hall–Kier alpha value is -2.16. The van der Waals surface area contributed by atoms with Crippen LogP contribution in [-0.2, 0) is 0 Å². The van der Waals surface area contributed by atoms with E-state index in [0.29, 0.717) is 22.4 Å². The van der Waals surface area contributed by atoms with Crippen LogP contribution in [-0.4, -0.2) is 12.8 Å². The maximum Gasteiger partial charge on any atom is 0.200 e. The van der Waals surface area contributed by atoms with Gasteiger partial charge in [0.05, 0.1) is 12.8 Å². The molecular formula is C15H10BrF5N2O. The van der Waals surface area contributed by atoms with E-state index in [1.165, 1.54) is 0 Å². The minimum absolute atomic E-state index is 0.369. The molecule has 0 bridgehead atoms. The summed E-state index contributed by atoms with van der Waals surface area (Å²) < 4.78 is 72.2. The van der Waals surface area contributed by atoms with Crippen LogP contribution < -0.4 is 10.2 Å². The normalized spacial score (nSPS) is 11.1. The van der Waals surface area contributed by atoms with E-state index in [-0.39, 0.29) is 0 Å². The SMILES string of the molecule is CCOc1ccc(Br)cc1/C=N/Nc1c(F)c(F)c(F)c(F)c1F. The van der Waals surface area contributed by atoms with Crippen LogP contribution in [0.5, 0.6) is 5.75 Å². The van der Waals surface area contributed by atoms with E-state index in [9.17, 15) is 22.0 Å². The van der Waals surface area contributed by atoms with Gasteiger partial charge in [-0.25, -0.2) is 22.0 Å². The van der Waals surface area contributed by atoms with Gasteiger partial charge in [0.15, 0.2) is 23.3 Å². The first-order chi connectivity index (χ1) is 11.4. The minimum atomic E-state index is -2.23. The van der Waals surface area contributed by atoms with Gasteiger partial charge in [-0.2, -0.15) is 5.10 Å². The fourth-order valence-corrected chi connectivity index (χ4v) is 2.16. The Bertz CT molecular complexity index is 769. The molecule has 0 aromatic heterocycles. The molecular weight excluding hydrogens is 399 g/mol. The monoisotopic (exact) mass is 408 g/mol. The Morgan fingerprint density at radius 2 is 1.62 bits per heavy atom. The molecule has 128 valence electrons. The molecule has 0 fully saturated rings. The lowest BCUT2D eigenvalue weighted by Crippen LogP contribution is -2.06. The van der Waals surface area contributed by atoms with E-state index in [0.717, 1.165) is 6.21 Å². The molecule has 3 nitrogen and oxygen atoms in total. The van der Waals surface area contributed by atoms with E-state index >= 15 is 0 Å². The molecule has 1 N–H and O–H groups in total. The van der Waals surface area contributed by atoms with Crippen LogP contribution in [0.25, 0.3) is 0 Å². The summed E-state index contributed by atoms with van der Waals surface area (Å²) in [6.07, 6.45) is 1.13. The molecule has 0 amide bonds. The van der Waals surface area contributed by atoms with Gasteiger partial charge in [-0.15, -0.1) is 0 Å². The number of hydrogen-bond acceptors (Lipinski definition) is 3. The van der Waals surface area contributed by atoms with E-state index in [1.807, 2.05) is 5.43 Å². The van der Waals surface area contributed by atoms with Gasteiger partial charge < -0.3 is 4.74 Å². The number of benzene rings is 2.